The number of rotatable bonds is 3. The van der Waals surface area contributed by atoms with Crippen molar-refractivity contribution in [1.82, 2.24) is 4.90 Å². The van der Waals surface area contributed by atoms with Crippen LogP contribution in [0.4, 0.5) is 11.4 Å². The topological polar surface area (TPSA) is 66.7 Å². The average molecular weight is 353 g/mol. The number of nitro benzene ring substituents is 1. The van der Waals surface area contributed by atoms with Crippen LogP contribution < -0.4 is 4.90 Å². The lowest BCUT2D eigenvalue weighted by atomic mass is 10.0. The van der Waals surface area contributed by atoms with Gasteiger partial charge in [0.05, 0.1) is 4.92 Å². The number of aryl methyl sites for hydroxylation is 2. The monoisotopic (exact) mass is 353 g/mol. The maximum atomic E-state index is 12.8. The Kier molecular flexibility index (Phi) is 4.93. The molecule has 26 heavy (non-hydrogen) atoms. The van der Waals surface area contributed by atoms with E-state index in [1.54, 1.807) is 24.0 Å². The van der Waals surface area contributed by atoms with Gasteiger partial charge in [0.2, 0.25) is 0 Å². The van der Waals surface area contributed by atoms with Gasteiger partial charge in [-0.2, -0.15) is 0 Å². The van der Waals surface area contributed by atoms with Crippen molar-refractivity contribution in [3.8, 4) is 0 Å². The van der Waals surface area contributed by atoms with E-state index in [0.717, 1.165) is 13.1 Å². The Bertz CT molecular complexity index is 855. The number of nitro groups is 1. The second-order valence-electron chi connectivity index (χ2n) is 6.78. The van der Waals surface area contributed by atoms with Gasteiger partial charge in [0, 0.05) is 49.1 Å². The van der Waals surface area contributed by atoms with Gasteiger partial charge < -0.3 is 9.80 Å². The molecule has 2 aromatic rings. The number of anilines is 1. The summed E-state index contributed by atoms with van der Waals surface area (Å²) in [7, 11) is 0. The highest BCUT2D eigenvalue weighted by molar-refractivity contribution is 5.96. The number of carbonyl (C=O) groups excluding carboxylic acids is 1. The van der Waals surface area contributed by atoms with Crippen LogP contribution in [0, 0.1) is 30.9 Å². The SMILES string of the molecule is Cc1ccc(N2CCN(C(=O)c3cccc([N+](=O)[O-])c3C)CC2)c(C)c1. The molecule has 0 atom stereocenters. The van der Waals surface area contributed by atoms with Gasteiger partial charge >= 0.3 is 0 Å². The van der Waals surface area contributed by atoms with Crippen LogP contribution in [0.2, 0.25) is 0 Å². The maximum Gasteiger partial charge on any atom is 0.273 e. The summed E-state index contributed by atoms with van der Waals surface area (Å²) in [6, 6.07) is 11.1. The lowest BCUT2D eigenvalue weighted by molar-refractivity contribution is -0.385. The van der Waals surface area contributed by atoms with E-state index in [-0.39, 0.29) is 11.6 Å². The predicted octanol–water partition coefficient (Wildman–Crippen LogP) is 3.48. The summed E-state index contributed by atoms with van der Waals surface area (Å²) in [6.07, 6.45) is 0. The third-order valence-electron chi connectivity index (χ3n) is 4.99. The molecule has 1 aliphatic heterocycles. The number of carbonyl (C=O) groups is 1. The second kappa shape index (κ2) is 7.15. The van der Waals surface area contributed by atoms with Gasteiger partial charge in [-0.05, 0) is 38.5 Å². The van der Waals surface area contributed by atoms with Crippen LogP contribution in [0.15, 0.2) is 36.4 Å². The smallest absolute Gasteiger partial charge is 0.273 e. The fourth-order valence-corrected chi connectivity index (χ4v) is 3.53. The minimum absolute atomic E-state index is 0.00948. The van der Waals surface area contributed by atoms with E-state index >= 15 is 0 Å². The Morgan fingerprint density at radius 3 is 2.35 bits per heavy atom. The summed E-state index contributed by atoms with van der Waals surface area (Å²) >= 11 is 0. The van der Waals surface area contributed by atoms with Crippen molar-refractivity contribution in [2.24, 2.45) is 0 Å². The van der Waals surface area contributed by atoms with Gasteiger partial charge in [0.25, 0.3) is 11.6 Å². The van der Waals surface area contributed by atoms with Crippen LogP contribution in [0.5, 0.6) is 0 Å². The predicted molar refractivity (Wildman–Crippen MR) is 102 cm³/mol. The Hall–Kier alpha value is -2.89. The standard InChI is InChI=1S/C20H23N3O3/c1-14-7-8-18(15(2)13-14)21-9-11-22(12-10-21)20(24)17-5-4-6-19(16(17)3)23(25)26/h4-8,13H,9-12H2,1-3H3. The van der Waals surface area contributed by atoms with E-state index in [1.807, 2.05) is 0 Å². The lowest BCUT2D eigenvalue weighted by Gasteiger charge is -2.37. The highest BCUT2D eigenvalue weighted by Gasteiger charge is 2.26. The van der Waals surface area contributed by atoms with Crippen LogP contribution in [-0.2, 0) is 0 Å². The first kappa shape index (κ1) is 17.9. The van der Waals surface area contributed by atoms with E-state index in [9.17, 15) is 14.9 Å². The Labute approximate surface area is 153 Å². The minimum Gasteiger partial charge on any atom is -0.368 e. The van der Waals surface area contributed by atoms with Gasteiger partial charge in [0.1, 0.15) is 0 Å². The molecule has 0 radical (unpaired) electrons. The minimum atomic E-state index is -0.440. The Morgan fingerprint density at radius 1 is 1.04 bits per heavy atom. The van der Waals surface area contributed by atoms with Crippen LogP contribution in [-0.4, -0.2) is 41.9 Å². The Balaban J connectivity index is 1.73. The molecule has 0 bridgehead atoms. The van der Waals surface area contributed by atoms with Crippen molar-refractivity contribution >= 4 is 17.3 Å². The molecule has 3 rings (SSSR count). The van der Waals surface area contributed by atoms with E-state index in [1.165, 1.54) is 22.9 Å². The number of hydrogen-bond donors (Lipinski definition) is 0. The quantitative estimate of drug-likeness (QED) is 0.626. The number of amides is 1. The molecule has 1 saturated heterocycles. The molecule has 0 aliphatic carbocycles. The molecule has 136 valence electrons. The first-order chi connectivity index (χ1) is 12.4. The fraction of sp³-hybridized carbons (Fsp3) is 0.350. The maximum absolute atomic E-state index is 12.8. The van der Waals surface area contributed by atoms with Crippen LogP contribution in [0.3, 0.4) is 0 Å². The van der Waals surface area contributed by atoms with Crippen molar-refractivity contribution in [2.75, 3.05) is 31.1 Å². The van der Waals surface area contributed by atoms with Gasteiger partial charge in [-0.15, -0.1) is 0 Å². The summed E-state index contributed by atoms with van der Waals surface area (Å²) in [6.45, 7) is 8.54. The van der Waals surface area contributed by atoms with E-state index in [4.69, 9.17) is 0 Å². The van der Waals surface area contributed by atoms with E-state index < -0.39 is 4.92 Å². The zero-order chi connectivity index (χ0) is 18.8. The highest BCUT2D eigenvalue weighted by Crippen LogP contribution is 2.25. The van der Waals surface area contributed by atoms with Crippen molar-refractivity contribution in [1.29, 1.82) is 0 Å². The van der Waals surface area contributed by atoms with Gasteiger partial charge in [-0.3, -0.25) is 14.9 Å². The molecule has 0 aromatic heterocycles. The van der Waals surface area contributed by atoms with Gasteiger partial charge in [0.15, 0.2) is 0 Å². The number of piperazine rings is 1. The summed E-state index contributed by atoms with van der Waals surface area (Å²) in [5.74, 6) is -0.133. The summed E-state index contributed by atoms with van der Waals surface area (Å²) in [5.41, 5.74) is 4.51. The molecule has 2 aromatic carbocycles. The molecule has 0 spiro atoms. The van der Waals surface area contributed by atoms with Gasteiger partial charge in [-0.25, -0.2) is 0 Å². The number of benzene rings is 2. The van der Waals surface area contributed by atoms with Crippen LogP contribution in [0.25, 0.3) is 0 Å². The molecule has 1 heterocycles. The molecule has 0 N–H and O–H groups in total. The molecule has 0 unspecified atom stereocenters. The third kappa shape index (κ3) is 3.40. The van der Waals surface area contributed by atoms with Crippen LogP contribution >= 0.6 is 0 Å². The highest BCUT2D eigenvalue weighted by atomic mass is 16.6. The molecule has 0 saturated carbocycles. The molecular formula is C20H23N3O3. The van der Waals surface area contributed by atoms with Crippen molar-refractivity contribution in [3.05, 3.63) is 68.8 Å². The summed E-state index contributed by atoms with van der Waals surface area (Å²) in [5, 5.41) is 11.1. The molecular weight excluding hydrogens is 330 g/mol. The first-order valence-corrected chi connectivity index (χ1v) is 8.74. The van der Waals surface area contributed by atoms with Crippen molar-refractivity contribution < 1.29 is 9.72 Å². The summed E-state index contributed by atoms with van der Waals surface area (Å²) < 4.78 is 0. The van der Waals surface area contributed by atoms with E-state index in [2.05, 4.69) is 36.9 Å². The van der Waals surface area contributed by atoms with Gasteiger partial charge in [-0.1, -0.05) is 23.8 Å². The molecule has 1 aliphatic rings. The fourth-order valence-electron chi connectivity index (χ4n) is 3.53. The number of nitrogens with zero attached hydrogens (tertiary/aromatic N) is 3. The molecule has 6 nitrogen and oxygen atoms in total. The van der Waals surface area contributed by atoms with Crippen molar-refractivity contribution in [3.63, 3.8) is 0 Å². The zero-order valence-electron chi connectivity index (χ0n) is 15.4. The molecule has 1 fully saturated rings. The van der Waals surface area contributed by atoms with E-state index in [0.29, 0.717) is 24.2 Å². The summed E-state index contributed by atoms with van der Waals surface area (Å²) in [4.78, 5) is 27.6. The second-order valence-corrected chi connectivity index (χ2v) is 6.78. The molecule has 6 heteroatoms. The number of hydrogen-bond acceptors (Lipinski definition) is 4. The average Bonchev–Trinajstić information content (AvgIpc) is 2.61. The normalized spacial score (nSPS) is 14.4. The zero-order valence-corrected chi connectivity index (χ0v) is 15.4. The third-order valence-corrected chi connectivity index (χ3v) is 4.99. The van der Waals surface area contributed by atoms with Crippen LogP contribution in [0.1, 0.15) is 27.0 Å². The largest absolute Gasteiger partial charge is 0.368 e. The lowest BCUT2D eigenvalue weighted by Crippen LogP contribution is -2.49. The molecule has 1 amide bonds. The first-order valence-electron chi connectivity index (χ1n) is 8.74. The Morgan fingerprint density at radius 2 is 1.73 bits per heavy atom. The van der Waals surface area contributed by atoms with Crippen molar-refractivity contribution in [2.45, 2.75) is 20.8 Å².